The molecule has 0 amide bonds. The van der Waals surface area contributed by atoms with E-state index in [4.69, 9.17) is 15.2 Å². The minimum absolute atomic E-state index is 0.148. The van der Waals surface area contributed by atoms with E-state index in [2.05, 4.69) is 12.1 Å². The SMILES string of the molecule is COC[C@@H](C)Oc1c(N)cc(C#N)n1Cc1cccc(C)c1. The first kappa shape index (κ1) is 15.9. The van der Waals surface area contributed by atoms with Gasteiger partial charge in [-0.2, -0.15) is 5.26 Å². The van der Waals surface area contributed by atoms with Gasteiger partial charge in [0.25, 0.3) is 0 Å². The standard InChI is InChI=1S/C17H21N3O2/c1-12-5-4-6-14(7-12)10-20-15(9-18)8-16(19)17(20)22-13(2)11-21-3/h4-8,13H,10-11,19H2,1-3H3/t13-/m1/s1. The van der Waals surface area contributed by atoms with Crippen LogP contribution in [0, 0.1) is 18.3 Å². The van der Waals surface area contributed by atoms with Crippen LogP contribution in [0.4, 0.5) is 5.69 Å². The molecule has 0 aliphatic heterocycles. The van der Waals surface area contributed by atoms with E-state index in [0.29, 0.717) is 30.4 Å². The number of anilines is 1. The van der Waals surface area contributed by atoms with Gasteiger partial charge >= 0.3 is 0 Å². The first-order valence-corrected chi connectivity index (χ1v) is 7.15. The number of nitrogens with zero attached hydrogens (tertiary/aromatic N) is 2. The zero-order chi connectivity index (χ0) is 16.1. The van der Waals surface area contributed by atoms with Gasteiger partial charge in [0.15, 0.2) is 0 Å². The molecule has 2 aromatic rings. The lowest BCUT2D eigenvalue weighted by molar-refractivity contribution is 0.0869. The largest absolute Gasteiger partial charge is 0.472 e. The van der Waals surface area contributed by atoms with Gasteiger partial charge in [0.05, 0.1) is 18.8 Å². The molecule has 0 bridgehead atoms. The van der Waals surface area contributed by atoms with Crippen molar-refractivity contribution in [2.45, 2.75) is 26.5 Å². The molecule has 0 unspecified atom stereocenters. The average Bonchev–Trinajstić information content (AvgIpc) is 2.76. The number of aromatic nitrogens is 1. The molecule has 116 valence electrons. The third-order valence-corrected chi connectivity index (χ3v) is 3.33. The fraction of sp³-hybridized carbons (Fsp3) is 0.353. The number of benzene rings is 1. The van der Waals surface area contributed by atoms with Gasteiger partial charge in [-0.1, -0.05) is 29.8 Å². The van der Waals surface area contributed by atoms with Crippen LogP contribution >= 0.6 is 0 Å². The number of nitriles is 1. The predicted octanol–water partition coefficient (Wildman–Crippen LogP) is 2.71. The number of nitrogens with two attached hydrogens (primary N) is 1. The van der Waals surface area contributed by atoms with Crippen molar-refractivity contribution in [3.8, 4) is 11.9 Å². The highest BCUT2D eigenvalue weighted by molar-refractivity contribution is 5.55. The maximum Gasteiger partial charge on any atom is 0.219 e. The third kappa shape index (κ3) is 3.60. The summed E-state index contributed by atoms with van der Waals surface area (Å²) in [5.41, 5.74) is 9.22. The molecular formula is C17H21N3O2. The molecule has 22 heavy (non-hydrogen) atoms. The summed E-state index contributed by atoms with van der Waals surface area (Å²) in [6.07, 6.45) is -0.148. The van der Waals surface area contributed by atoms with Crippen LogP contribution in [0.5, 0.6) is 5.88 Å². The molecule has 0 fully saturated rings. The smallest absolute Gasteiger partial charge is 0.219 e. The number of aryl methyl sites for hydroxylation is 1. The number of nitrogen functional groups attached to an aromatic ring is 1. The van der Waals surface area contributed by atoms with Gasteiger partial charge in [0.1, 0.15) is 17.9 Å². The fourth-order valence-corrected chi connectivity index (χ4v) is 2.39. The molecule has 2 rings (SSSR count). The minimum Gasteiger partial charge on any atom is -0.472 e. The normalized spacial score (nSPS) is 11.9. The first-order valence-electron chi connectivity index (χ1n) is 7.15. The van der Waals surface area contributed by atoms with Crippen molar-refractivity contribution in [2.75, 3.05) is 19.5 Å². The van der Waals surface area contributed by atoms with Crippen molar-refractivity contribution in [3.63, 3.8) is 0 Å². The fourth-order valence-electron chi connectivity index (χ4n) is 2.39. The van der Waals surface area contributed by atoms with Crippen LogP contribution in [0.2, 0.25) is 0 Å². The summed E-state index contributed by atoms with van der Waals surface area (Å²) in [5, 5.41) is 9.32. The molecule has 0 aliphatic carbocycles. The van der Waals surface area contributed by atoms with E-state index in [1.54, 1.807) is 17.7 Å². The van der Waals surface area contributed by atoms with E-state index in [1.807, 2.05) is 32.0 Å². The Morgan fingerprint density at radius 3 is 2.77 bits per heavy atom. The number of hydrogen-bond acceptors (Lipinski definition) is 4. The van der Waals surface area contributed by atoms with Gasteiger partial charge in [-0.3, -0.25) is 4.57 Å². The summed E-state index contributed by atoms with van der Waals surface area (Å²) >= 11 is 0. The molecule has 0 radical (unpaired) electrons. The van der Waals surface area contributed by atoms with Gasteiger partial charge in [-0.15, -0.1) is 0 Å². The molecule has 5 heteroatoms. The molecular weight excluding hydrogens is 278 g/mol. The number of hydrogen-bond donors (Lipinski definition) is 1. The van der Waals surface area contributed by atoms with Crippen LogP contribution < -0.4 is 10.5 Å². The summed E-state index contributed by atoms with van der Waals surface area (Å²) < 4.78 is 12.7. The third-order valence-electron chi connectivity index (χ3n) is 3.33. The lowest BCUT2D eigenvalue weighted by Crippen LogP contribution is -2.20. The number of ether oxygens (including phenoxy) is 2. The molecule has 0 saturated carbocycles. The Labute approximate surface area is 130 Å². The van der Waals surface area contributed by atoms with Gasteiger partial charge in [-0.25, -0.2) is 0 Å². The second-order valence-corrected chi connectivity index (χ2v) is 5.36. The van der Waals surface area contributed by atoms with Crippen molar-refractivity contribution in [1.82, 2.24) is 4.57 Å². The monoisotopic (exact) mass is 299 g/mol. The molecule has 1 aromatic heterocycles. The summed E-state index contributed by atoms with van der Waals surface area (Å²) in [6.45, 7) is 4.93. The lowest BCUT2D eigenvalue weighted by atomic mass is 10.1. The molecule has 1 aromatic carbocycles. The first-order chi connectivity index (χ1) is 10.5. The Kier molecular flexibility index (Phi) is 5.08. The van der Waals surface area contributed by atoms with Crippen molar-refractivity contribution < 1.29 is 9.47 Å². The summed E-state index contributed by atoms with van der Waals surface area (Å²) in [5.74, 6) is 0.516. The second kappa shape index (κ2) is 7.01. The molecule has 1 atom stereocenters. The van der Waals surface area contributed by atoms with Crippen LogP contribution in [-0.2, 0) is 11.3 Å². The maximum absolute atomic E-state index is 9.32. The van der Waals surface area contributed by atoms with E-state index in [-0.39, 0.29) is 6.10 Å². The number of methoxy groups -OCH3 is 1. The van der Waals surface area contributed by atoms with Crippen molar-refractivity contribution >= 4 is 5.69 Å². The van der Waals surface area contributed by atoms with Crippen LogP contribution in [-0.4, -0.2) is 24.4 Å². The molecule has 1 heterocycles. The lowest BCUT2D eigenvalue weighted by Gasteiger charge is -2.17. The second-order valence-electron chi connectivity index (χ2n) is 5.36. The van der Waals surface area contributed by atoms with Gasteiger partial charge in [0, 0.05) is 13.2 Å². The van der Waals surface area contributed by atoms with E-state index >= 15 is 0 Å². The van der Waals surface area contributed by atoms with Crippen LogP contribution in [0.1, 0.15) is 23.7 Å². The highest BCUT2D eigenvalue weighted by atomic mass is 16.5. The maximum atomic E-state index is 9.32. The van der Waals surface area contributed by atoms with E-state index < -0.39 is 0 Å². The predicted molar refractivity (Wildman–Crippen MR) is 85.8 cm³/mol. The van der Waals surface area contributed by atoms with E-state index in [9.17, 15) is 5.26 Å². The van der Waals surface area contributed by atoms with Gasteiger partial charge < -0.3 is 15.2 Å². The van der Waals surface area contributed by atoms with Gasteiger partial charge in [0.2, 0.25) is 5.88 Å². The summed E-state index contributed by atoms with van der Waals surface area (Å²) in [4.78, 5) is 0. The summed E-state index contributed by atoms with van der Waals surface area (Å²) in [6, 6.07) is 12.0. The zero-order valence-electron chi connectivity index (χ0n) is 13.2. The van der Waals surface area contributed by atoms with Crippen LogP contribution in [0.25, 0.3) is 0 Å². The highest BCUT2D eigenvalue weighted by Crippen LogP contribution is 2.28. The Balaban J connectivity index is 2.34. The minimum atomic E-state index is -0.148. The highest BCUT2D eigenvalue weighted by Gasteiger charge is 2.17. The topological polar surface area (TPSA) is 73.2 Å². The quantitative estimate of drug-likeness (QED) is 0.890. The molecule has 0 saturated heterocycles. The van der Waals surface area contributed by atoms with Crippen LogP contribution in [0.3, 0.4) is 0 Å². The Bertz CT molecular complexity index is 686. The van der Waals surface area contributed by atoms with E-state index in [0.717, 1.165) is 5.56 Å². The van der Waals surface area contributed by atoms with Crippen molar-refractivity contribution in [2.24, 2.45) is 0 Å². The van der Waals surface area contributed by atoms with Crippen LogP contribution in [0.15, 0.2) is 30.3 Å². The Morgan fingerprint density at radius 1 is 1.36 bits per heavy atom. The number of rotatable bonds is 6. The van der Waals surface area contributed by atoms with E-state index in [1.165, 1.54) is 5.56 Å². The summed E-state index contributed by atoms with van der Waals surface area (Å²) in [7, 11) is 1.62. The molecule has 2 N–H and O–H groups in total. The zero-order valence-corrected chi connectivity index (χ0v) is 13.2. The molecule has 0 spiro atoms. The Morgan fingerprint density at radius 2 is 2.14 bits per heavy atom. The molecule has 5 nitrogen and oxygen atoms in total. The van der Waals surface area contributed by atoms with Crippen molar-refractivity contribution in [1.29, 1.82) is 5.26 Å². The van der Waals surface area contributed by atoms with Gasteiger partial charge in [-0.05, 0) is 19.4 Å². The van der Waals surface area contributed by atoms with Crippen molar-refractivity contribution in [3.05, 3.63) is 47.2 Å². The molecule has 0 aliphatic rings. The Hall–Kier alpha value is -2.45. The average molecular weight is 299 g/mol.